The third-order valence-corrected chi connectivity index (χ3v) is 5.76. The van der Waals surface area contributed by atoms with Gasteiger partial charge in [0.1, 0.15) is 11.5 Å². The second-order valence-corrected chi connectivity index (χ2v) is 8.25. The van der Waals surface area contributed by atoms with Crippen LogP contribution in [0.25, 0.3) is 6.08 Å². The first-order valence-electron chi connectivity index (χ1n) is 9.38. The van der Waals surface area contributed by atoms with Crippen LogP contribution >= 0.6 is 0 Å². The molecular weight excluding hydrogens is 434 g/mol. The summed E-state index contributed by atoms with van der Waals surface area (Å²) in [5, 5.41) is 0. The molecule has 0 radical (unpaired) electrons. The van der Waals surface area contributed by atoms with E-state index < -0.39 is 21.8 Å². The third kappa shape index (κ3) is 5.76. The van der Waals surface area contributed by atoms with Crippen molar-refractivity contribution in [2.45, 2.75) is 11.8 Å². The molecule has 3 aromatic rings. The van der Waals surface area contributed by atoms with Crippen LogP contribution in [0.2, 0.25) is 0 Å². The normalized spacial score (nSPS) is 11.2. The standard InChI is InChI=1S/C22H21N3O6S/c1-15-20(13-14-31-15)22(27)24-23-21(26)12-5-16-3-10-19(11-4-16)32(28,29)25-17-6-8-18(30-2)9-7-17/h3-14,25H,1-2H3,(H,23,26)(H,24,27)/b12-5+. The summed E-state index contributed by atoms with van der Waals surface area (Å²) in [7, 11) is -2.25. The molecule has 166 valence electrons. The van der Waals surface area contributed by atoms with Crippen LogP contribution in [0.4, 0.5) is 5.69 Å². The lowest BCUT2D eigenvalue weighted by molar-refractivity contribution is -0.117. The van der Waals surface area contributed by atoms with Gasteiger partial charge in [0, 0.05) is 11.8 Å². The van der Waals surface area contributed by atoms with Gasteiger partial charge in [0.25, 0.3) is 21.8 Å². The zero-order valence-electron chi connectivity index (χ0n) is 17.3. The van der Waals surface area contributed by atoms with Crippen molar-refractivity contribution in [1.29, 1.82) is 0 Å². The number of anilines is 1. The van der Waals surface area contributed by atoms with Crippen molar-refractivity contribution in [3.63, 3.8) is 0 Å². The van der Waals surface area contributed by atoms with E-state index in [4.69, 9.17) is 9.15 Å². The molecule has 0 fully saturated rings. The Balaban J connectivity index is 1.57. The molecule has 0 aliphatic heterocycles. The van der Waals surface area contributed by atoms with Crippen LogP contribution in [0.3, 0.4) is 0 Å². The SMILES string of the molecule is COc1ccc(NS(=O)(=O)c2ccc(/C=C/C(=O)NNC(=O)c3ccoc3C)cc2)cc1. The quantitative estimate of drug-likeness (QED) is 0.371. The molecule has 0 aliphatic rings. The fourth-order valence-corrected chi connectivity index (χ4v) is 3.71. The number of ether oxygens (including phenoxy) is 1. The number of hydrogen-bond acceptors (Lipinski definition) is 6. The van der Waals surface area contributed by atoms with Crippen molar-refractivity contribution in [3.05, 3.63) is 83.8 Å². The first-order chi connectivity index (χ1) is 15.3. The minimum absolute atomic E-state index is 0.0673. The third-order valence-electron chi connectivity index (χ3n) is 4.36. The zero-order valence-corrected chi connectivity index (χ0v) is 18.1. The maximum atomic E-state index is 12.5. The van der Waals surface area contributed by atoms with E-state index in [9.17, 15) is 18.0 Å². The Kier molecular flexibility index (Phi) is 6.96. The predicted octanol–water partition coefficient (Wildman–Crippen LogP) is 2.87. The van der Waals surface area contributed by atoms with Gasteiger partial charge in [0.15, 0.2) is 0 Å². The average molecular weight is 455 g/mol. The Morgan fingerprint density at radius 2 is 1.66 bits per heavy atom. The van der Waals surface area contributed by atoms with E-state index in [1.165, 1.54) is 43.7 Å². The fourth-order valence-electron chi connectivity index (χ4n) is 2.65. The van der Waals surface area contributed by atoms with Gasteiger partial charge in [-0.2, -0.15) is 0 Å². The molecule has 2 aromatic carbocycles. The summed E-state index contributed by atoms with van der Waals surface area (Å²) < 4.78 is 37.6. The highest BCUT2D eigenvalue weighted by Gasteiger charge is 2.14. The number of nitrogens with one attached hydrogen (secondary N) is 3. The van der Waals surface area contributed by atoms with Crippen LogP contribution in [0.1, 0.15) is 21.7 Å². The molecule has 9 nitrogen and oxygen atoms in total. The van der Waals surface area contributed by atoms with Gasteiger partial charge in [-0.05, 0) is 61.0 Å². The Hall–Kier alpha value is -4.05. The van der Waals surface area contributed by atoms with Gasteiger partial charge < -0.3 is 9.15 Å². The van der Waals surface area contributed by atoms with Crippen molar-refractivity contribution < 1.29 is 27.2 Å². The van der Waals surface area contributed by atoms with Gasteiger partial charge in [-0.3, -0.25) is 25.2 Å². The maximum Gasteiger partial charge on any atom is 0.273 e. The summed E-state index contributed by atoms with van der Waals surface area (Å²) in [6.45, 7) is 1.63. The van der Waals surface area contributed by atoms with E-state index in [1.807, 2.05) is 0 Å². The van der Waals surface area contributed by atoms with E-state index in [0.29, 0.717) is 28.3 Å². The highest BCUT2D eigenvalue weighted by Crippen LogP contribution is 2.20. The summed E-state index contributed by atoms with van der Waals surface area (Å²) in [6.07, 6.45) is 4.07. The Morgan fingerprint density at radius 3 is 2.25 bits per heavy atom. The average Bonchev–Trinajstić information content (AvgIpc) is 3.22. The number of hydrazine groups is 1. The summed E-state index contributed by atoms with van der Waals surface area (Å²) in [5.74, 6) is -0.0117. The zero-order chi connectivity index (χ0) is 23.1. The lowest BCUT2D eigenvalue weighted by Gasteiger charge is -2.09. The minimum Gasteiger partial charge on any atom is -0.497 e. The van der Waals surface area contributed by atoms with E-state index in [2.05, 4.69) is 15.6 Å². The van der Waals surface area contributed by atoms with Crippen molar-refractivity contribution >= 4 is 33.6 Å². The van der Waals surface area contributed by atoms with Gasteiger partial charge in [-0.15, -0.1) is 0 Å². The Labute approximate surface area is 185 Å². The number of aryl methyl sites for hydroxylation is 1. The van der Waals surface area contributed by atoms with Crippen LogP contribution in [-0.4, -0.2) is 27.3 Å². The molecule has 0 unspecified atom stereocenters. The molecule has 1 heterocycles. The number of carbonyl (C=O) groups is 2. The topological polar surface area (TPSA) is 127 Å². The van der Waals surface area contributed by atoms with Crippen molar-refractivity contribution in [3.8, 4) is 5.75 Å². The number of sulfonamides is 1. The van der Waals surface area contributed by atoms with Gasteiger partial charge in [0.2, 0.25) is 0 Å². The number of rotatable bonds is 7. The van der Waals surface area contributed by atoms with E-state index >= 15 is 0 Å². The van der Waals surface area contributed by atoms with E-state index in [0.717, 1.165) is 0 Å². The van der Waals surface area contributed by atoms with Gasteiger partial charge in [-0.25, -0.2) is 8.42 Å². The van der Waals surface area contributed by atoms with Crippen molar-refractivity contribution in [2.24, 2.45) is 0 Å². The highest BCUT2D eigenvalue weighted by atomic mass is 32.2. The minimum atomic E-state index is -3.77. The molecular formula is C22H21N3O6S. The Bertz CT molecular complexity index is 1230. The largest absolute Gasteiger partial charge is 0.497 e. The highest BCUT2D eigenvalue weighted by molar-refractivity contribution is 7.92. The molecule has 32 heavy (non-hydrogen) atoms. The predicted molar refractivity (Wildman–Crippen MR) is 118 cm³/mol. The second kappa shape index (κ2) is 9.84. The van der Waals surface area contributed by atoms with Crippen LogP contribution in [0, 0.1) is 6.92 Å². The van der Waals surface area contributed by atoms with E-state index in [1.54, 1.807) is 43.3 Å². The molecule has 0 saturated carbocycles. The number of carbonyl (C=O) groups excluding carboxylic acids is 2. The molecule has 0 saturated heterocycles. The summed E-state index contributed by atoms with van der Waals surface area (Å²) in [6, 6.07) is 13.9. The lowest BCUT2D eigenvalue weighted by Crippen LogP contribution is -2.40. The number of amides is 2. The molecule has 0 bridgehead atoms. The first-order valence-corrected chi connectivity index (χ1v) is 10.9. The smallest absolute Gasteiger partial charge is 0.273 e. The van der Waals surface area contributed by atoms with Gasteiger partial charge in [0.05, 0.1) is 23.8 Å². The van der Waals surface area contributed by atoms with Crippen LogP contribution in [0.5, 0.6) is 5.75 Å². The maximum absolute atomic E-state index is 12.5. The molecule has 0 aliphatic carbocycles. The van der Waals surface area contributed by atoms with E-state index in [-0.39, 0.29) is 4.90 Å². The van der Waals surface area contributed by atoms with Crippen LogP contribution < -0.4 is 20.3 Å². The summed E-state index contributed by atoms with van der Waals surface area (Å²) >= 11 is 0. The molecule has 1 aromatic heterocycles. The molecule has 0 spiro atoms. The van der Waals surface area contributed by atoms with Crippen molar-refractivity contribution in [2.75, 3.05) is 11.8 Å². The molecule has 3 rings (SSSR count). The second-order valence-electron chi connectivity index (χ2n) is 6.57. The number of methoxy groups -OCH3 is 1. The van der Waals surface area contributed by atoms with Gasteiger partial charge in [-0.1, -0.05) is 12.1 Å². The van der Waals surface area contributed by atoms with Gasteiger partial charge >= 0.3 is 0 Å². The first kappa shape index (κ1) is 22.6. The monoisotopic (exact) mass is 455 g/mol. The molecule has 2 amide bonds. The van der Waals surface area contributed by atoms with Crippen LogP contribution in [0.15, 0.2) is 76.2 Å². The Morgan fingerprint density at radius 1 is 0.969 bits per heavy atom. The molecule has 3 N–H and O–H groups in total. The van der Waals surface area contributed by atoms with Crippen molar-refractivity contribution in [1.82, 2.24) is 10.9 Å². The molecule has 0 atom stereocenters. The number of furan rings is 1. The summed E-state index contributed by atoms with van der Waals surface area (Å²) in [4.78, 5) is 23.9. The molecule has 10 heteroatoms. The number of hydrogen-bond donors (Lipinski definition) is 3. The summed E-state index contributed by atoms with van der Waals surface area (Å²) in [5.41, 5.74) is 5.85. The van der Waals surface area contributed by atoms with Crippen LogP contribution in [-0.2, 0) is 14.8 Å². The lowest BCUT2D eigenvalue weighted by atomic mass is 10.2. The number of benzene rings is 2. The fraction of sp³-hybridized carbons (Fsp3) is 0.0909.